The molecule has 1 unspecified atom stereocenters. The molecule has 0 heterocycles. The largest absolute Gasteiger partial charge is 0.376 e. The number of hydrogen-bond acceptors (Lipinski definition) is 2. The van der Waals surface area contributed by atoms with Gasteiger partial charge in [0.05, 0.1) is 6.04 Å². The van der Waals surface area contributed by atoms with E-state index in [4.69, 9.17) is 5.73 Å². The van der Waals surface area contributed by atoms with Crippen LogP contribution >= 0.6 is 15.9 Å². The van der Waals surface area contributed by atoms with E-state index in [0.29, 0.717) is 5.56 Å². The van der Waals surface area contributed by atoms with Crippen molar-refractivity contribution >= 4 is 21.6 Å². The van der Waals surface area contributed by atoms with Gasteiger partial charge in [-0.15, -0.1) is 0 Å². The van der Waals surface area contributed by atoms with Crippen molar-refractivity contribution in [1.29, 1.82) is 0 Å². The predicted octanol–water partition coefficient (Wildman–Crippen LogP) is 3.84. The van der Waals surface area contributed by atoms with E-state index in [9.17, 15) is 8.78 Å². The van der Waals surface area contributed by atoms with Crippen LogP contribution in [0.2, 0.25) is 0 Å². The van der Waals surface area contributed by atoms with Crippen molar-refractivity contribution < 1.29 is 8.78 Å². The highest BCUT2D eigenvalue weighted by Gasteiger charge is 2.13. The average Bonchev–Trinajstić information content (AvgIpc) is 2.36. The first kappa shape index (κ1) is 14.0. The van der Waals surface area contributed by atoms with E-state index in [1.807, 2.05) is 24.3 Å². The zero-order valence-corrected chi connectivity index (χ0v) is 11.6. The molecule has 0 aliphatic rings. The van der Waals surface area contributed by atoms with Crippen LogP contribution in [0.1, 0.15) is 11.6 Å². The molecule has 2 aromatic carbocycles. The van der Waals surface area contributed by atoms with Crippen molar-refractivity contribution in [2.75, 3.05) is 11.9 Å². The summed E-state index contributed by atoms with van der Waals surface area (Å²) in [7, 11) is 0. The summed E-state index contributed by atoms with van der Waals surface area (Å²) in [6.45, 7) is 0.226. The maximum Gasteiger partial charge on any atom is 0.126 e. The summed E-state index contributed by atoms with van der Waals surface area (Å²) in [6, 6.07) is 10.5. The maximum absolute atomic E-state index is 13.2. The summed E-state index contributed by atoms with van der Waals surface area (Å²) in [4.78, 5) is 0. The lowest BCUT2D eigenvalue weighted by Gasteiger charge is -2.19. The first-order valence-corrected chi connectivity index (χ1v) is 6.56. The predicted molar refractivity (Wildman–Crippen MR) is 75.9 cm³/mol. The molecule has 0 saturated heterocycles. The fourth-order valence-electron chi connectivity index (χ4n) is 1.82. The molecule has 1 atom stereocenters. The number of para-hydroxylation sites is 1. The smallest absolute Gasteiger partial charge is 0.126 e. The third kappa shape index (κ3) is 3.52. The number of hydrogen-bond donors (Lipinski definition) is 2. The summed E-state index contributed by atoms with van der Waals surface area (Å²) >= 11 is 3.40. The molecule has 0 bridgehead atoms. The monoisotopic (exact) mass is 326 g/mol. The van der Waals surface area contributed by atoms with Crippen molar-refractivity contribution in [1.82, 2.24) is 0 Å². The summed E-state index contributed by atoms with van der Waals surface area (Å²) in [5.74, 6) is -1.22. The van der Waals surface area contributed by atoms with Crippen LogP contribution in [-0.2, 0) is 0 Å². The Morgan fingerprint density at radius 1 is 1.11 bits per heavy atom. The number of nitrogens with one attached hydrogen (secondary N) is 1. The van der Waals surface area contributed by atoms with Crippen molar-refractivity contribution in [3.63, 3.8) is 0 Å². The van der Waals surface area contributed by atoms with E-state index in [1.165, 1.54) is 12.1 Å². The summed E-state index contributed by atoms with van der Waals surface area (Å²) in [6.07, 6.45) is 0. The van der Waals surface area contributed by atoms with Crippen LogP contribution in [0.4, 0.5) is 14.5 Å². The van der Waals surface area contributed by atoms with Crippen LogP contribution in [0.25, 0.3) is 0 Å². The second-order valence-corrected chi connectivity index (χ2v) is 4.97. The van der Waals surface area contributed by atoms with Gasteiger partial charge in [0.15, 0.2) is 0 Å². The maximum atomic E-state index is 13.2. The topological polar surface area (TPSA) is 38.0 Å². The second-order valence-electron chi connectivity index (χ2n) is 4.12. The lowest BCUT2D eigenvalue weighted by Crippen LogP contribution is -2.21. The van der Waals surface area contributed by atoms with Crippen LogP contribution in [0.3, 0.4) is 0 Å². The van der Waals surface area contributed by atoms with Crippen molar-refractivity contribution in [2.45, 2.75) is 6.04 Å². The van der Waals surface area contributed by atoms with Gasteiger partial charge in [-0.1, -0.05) is 12.1 Å². The normalized spacial score (nSPS) is 12.2. The summed E-state index contributed by atoms with van der Waals surface area (Å²) in [5, 5.41) is 3.16. The van der Waals surface area contributed by atoms with E-state index in [2.05, 4.69) is 21.2 Å². The molecule has 0 spiro atoms. The minimum absolute atomic E-state index is 0.226. The molecular weight excluding hydrogens is 314 g/mol. The van der Waals surface area contributed by atoms with Crippen LogP contribution in [0.5, 0.6) is 0 Å². The molecule has 0 aliphatic carbocycles. The van der Waals surface area contributed by atoms with Gasteiger partial charge in [-0.05, 0) is 45.8 Å². The van der Waals surface area contributed by atoms with Gasteiger partial charge in [-0.3, -0.25) is 0 Å². The molecule has 0 aromatic heterocycles. The average molecular weight is 327 g/mol. The third-order valence-corrected chi connectivity index (χ3v) is 3.42. The van der Waals surface area contributed by atoms with Crippen molar-refractivity contribution in [3.05, 3.63) is 64.1 Å². The number of rotatable bonds is 4. The van der Waals surface area contributed by atoms with Crippen LogP contribution in [0.15, 0.2) is 46.9 Å². The zero-order chi connectivity index (χ0) is 13.8. The summed E-state index contributed by atoms with van der Waals surface area (Å²) < 4.78 is 27.3. The zero-order valence-electron chi connectivity index (χ0n) is 10.0. The Labute approximate surface area is 118 Å². The first-order chi connectivity index (χ1) is 9.10. The molecule has 5 heteroatoms. The SMILES string of the molecule is NCC(Nc1ccccc1Br)c1cc(F)cc(F)c1. The highest BCUT2D eigenvalue weighted by atomic mass is 79.9. The van der Waals surface area contributed by atoms with Crippen LogP contribution in [0, 0.1) is 11.6 Å². The Morgan fingerprint density at radius 3 is 2.32 bits per heavy atom. The molecule has 2 rings (SSSR count). The molecule has 100 valence electrons. The number of nitrogens with two attached hydrogens (primary N) is 1. The molecule has 19 heavy (non-hydrogen) atoms. The van der Waals surface area contributed by atoms with E-state index in [-0.39, 0.29) is 12.6 Å². The van der Waals surface area contributed by atoms with Crippen LogP contribution < -0.4 is 11.1 Å². The van der Waals surface area contributed by atoms with Gasteiger partial charge in [0.1, 0.15) is 11.6 Å². The lowest BCUT2D eigenvalue weighted by atomic mass is 10.1. The highest BCUT2D eigenvalue weighted by molar-refractivity contribution is 9.10. The van der Waals surface area contributed by atoms with Crippen molar-refractivity contribution in [2.24, 2.45) is 5.73 Å². The van der Waals surface area contributed by atoms with Gasteiger partial charge < -0.3 is 11.1 Å². The van der Waals surface area contributed by atoms with Gasteiger partial charge in [0.2, 0.25) is 0 Å². The number of benzene rings is 2. The third-order valence-electron chi connectivity index (χ3n) is 2.73. The minimum atomic E-state index is -0.609. The Kier molecular flexibility index (Phi) is 4.50. The Bertz CT molecular complexity index is 555. The van der Waals surface area contributed by atoms with E-state index >= 15 is 0 Å². The number of anilines is 1. The molecule has 2 aromatic rings. The Balaban J connectivity index is 2.28. The molecule has 0 radical (unpaired) electrons. The standard InChI is InChI=1S/C14H13BrF2N2/c15-12-3-1-2-4-13(12)19-14(8-18)9-5-10(16)7-11(17)6-9/h1-7,14,19H,8,18H2. The minimum Gasteiger partial charge on any atom is -0.376 e. The quantitative estimate of drug-likeness (QED) is 0.895. The Morgan fingerprint density at radius 2 is 1.74 bits per heavy atom. The number of halogens is 3. The van der Waals surface area contributed by atoms with E-state index in [0.717, 1.165) is 16.2 Å². The summed E-state index contributed by atoms with van der Waals surface area (Å²) in [5.41, 5.74) is 6.98. The van der Waals surface area contributed by atoms with Gasteiger partial charge in [0, 0.05) is 22.8 Å². The van der Waals surface area contributed by atoms with Gasteiger partial charge in [-0.25, -0.2) is 8.78 Å². The molecule has 0 aliphatic heterocycles. The fourth-order valence-corrected chi connectivity index (χ4v) is 2.22. The van der Waals surface area contributed by atoms with Crippen LogP contribution in [-0.4, -0.2) is 6.54 Å². The lowest BCUT2D eigenvalue weighted by molar-refractivity contribution is 0.576. The molecule has 2 nitrogen and oxygen atoms in total. The Hall–Kier alpha value is -1.46. The van der Waals surface area contributed by atoms with E-state index in [1.54, 1.807) is 0 Å². The second kappa shape index (κ2) is 6.12. The molecule has 3 N–H and O–H groups in total. The molecular formula is C14H13BrF2N2. The molecule has 0 fully saturated rings. The van der Waals surface area contributed by atoms with Crippen molar-refractivity contribution in [3.8, 4) is 0 Å². The first-order valence-electron chi connectivity index (χ1n) is 5.77. The molecule has 0 saturated carbocycles. The van der Waals surface area contributed by atoms with Gasteiger partial charge >= 0.3 is 0 Å². The highest BCUT2D eigenvalue weighted by Crippen LogP contribution is 2.26. The van der Waals surface area contributed by atoms with Gasteiger partial charge in [0.25, 0.3) is 0 Å². The fraction of sp³-hybridized carbons (Fsp3) is 0.143. The molecule has 0 amide bonds. The van der Waals surface area contributed by atoms with E-state index < -0.39 is 11.6 Å². The van der Waals surface area contributed by atoms with Gasteiger partial charge in [-0.2, -0.15) is 0 Å².